The van der Waals surface area contributed by atoms with Crippen LogP contribution in [-0.4, -0.2) is 19.4 Å². The maximum absolute atomic E-state index is 12.9. The second-order valence-corrected chi connectivity index (χ2v) is 6.34. The molecule has 0 aliphatic heterocycles. The second-order valence-electron chi connectivity index (χ2n) is 5.90. The van der Waals surface area contributed by atoms with Gasteiger partial charge in [-0.15, -0.1) is 0 Å². The predicted octanol–water partition coefficient (Wildman–Crippen LogP) is 5.37. The van der Waals surface area contributed by atoms with E-state index in [0.717, 1.165) is 11.3 Å². The van der Waals surface area contributed by atoms with Crippen molar-refractivity contribution in [1.82, 2.24) is 0 Å². The number of rotatable bonds is 7. The zero-order valence-electron chi connectivity index (χ0n) is 14.5. The first-order chi connectivity index (χ1) is 12.7. The van der Waals surface area contributed by atoms with Crippen LogP contribution in [0.5, 0.6) is 0 Å². The molecule has 0 saturated heterocycles. The Bertz CT molecular complexity index is 866. The van der Waals surface area contributed by atoms with E-state index in [2.05, 4.69) is 5.32 Å². The third-order valence-corrected chi connectivity index (χ3v) is 4.43. The van der Waals surface area contributed by atoms with Gasteiger partial charge in [-0.3, -0.25) is 4.79 Å². The summed E-state index contributed by atoms with van der Waals surface area (Å²) in [7, 11) is 1.68. The lowest BCUT2D eigenvalue weighted by Gasteiger charge is -2.19. The third kappa shape index (κ3) is 4.31. The van der Waals surface area contributed by atoms with Crippen molar-refractivity contribution in [2.24, 2.45) is 0 Å². The molecule has 0 amide bonds. The van der Waals surface area contributed by atoms with E-state index >= 15 is 0 Å². The average Bonchev–Trinajstić information content (AvgIpc) is 2.70. The van der Waals surface area contributed by atoms with Gasteiger partial charge < -0.3 is 10.1 Å². The standard InChI is InChI=1S/C22H20ClNO2/c1-26-21(16-8-4-2-5-9-16)15-24-20-13-12-18(23)14-19(20)22(25)17-10-6-3-7-11-17/h2-14,21,24H,15H2,1H3. The lowest BCUT2D eigenvalue weighted by molar-refractivity contribution is 0.103. The van der Waals surface area contributed by atoms with Crippen molar-refractivity contribution >= 4 is 23.1 Å². The summed E-state index contributed by atoms with van der Waals surface area (Å²) >= 11 is 6.13. The molecule has 3 aromatic rings. The minimum atomic E-state index is -0.119. The Hall–Kier alpha value is -2.62. The van der Waals surface area contributed by atoms with Crippen LogP contribution in [-0.2, 0) is 4.74 Å². The topological polar surface area (TPSA) is 38.3 Å². The van der Waals surface area contributed by atoms with Gasteiger partial charge in [0.25, 0.3) is 0 Å². The van der Waals surface area contributed by atoms with E-state index in [-0.39, 0.29) is 11.9 Å². The van der Waals surface area contributed by atoms with Crippen LogP contribution in [0.25, 0.3) is 0 Å². The molecule has 132 valence electrons. The smallest absolute Gasteiger partial charge is 0.195 e. The maximum Gasteiger partial charge on any atom is 0.195 e. The molecule has 0 bridgehead atoms. The van der Waals surface area contributed by atoms with Gasteiger partial charge in [0, 0.05) is 35.5 Å². The summed E-state index contributed by atoms with van der Waals surface area (Å²) in [5.74, 6) is -0.0655. The summed E-state index contributed by atoms with van der Waals surface area (Å²) in [4.78, 5) is 12.9. The molecular weight excluding hydrogens is 346 g/mol. The Morgan fingerprint density at radius 3 is 2.31 bits per heavy atom. The van der Waals surface area contributed by atoms with Gasteiger partial charge in [-0.05, 0) is 23.8 Å². The highest BCUT2D eigenvalue weighted by Gasteiger charge is 2.16. The van der Waals surface area contributed by atoms with Crippen molar-refractivity contribution < 1.29 is 9.53 Å². The maximum atomic E-state index is 12.9. The van der Waals surface area contributed by atoms with Crippen molar-refractivity contribution in [1.29, 1.82) is 0 Å². The van der Waals surface area contributed by atoms with Crippen LogP contribution >= 0.6 is 11.6 Å². The fourth-order valence-electron chi connectivity index (χ4n) is 2.81. The lowest BCUT2D eigenvalue weighted by Crippen LogP contribution is -2.16. The second kappa shape index (κ2) is 8.65. The number of ketones is 1. The highest BCUT2D eigenvalue weighted by atomic mass is 35.5. The number of nitrogens with one attached hydrogen (secondary N) is 1. The van der Waals surface area contributed by atoms with Crippen LogP contribution in [0.1, 0.15) is 27.6 Å². The molecule has 0 aliphatic rings. The van der Waals surface area contributed by atoms with Crippen molar-refractivity contribution in [2.75, 3.05) is 19.0 Å². The number of ether oxygens (including phenoxy) is 1. The van der Waals surface area contributed by atoms with Crippen LogP contribution in [0.2, 0.25) is 5.02 Å². The number of benzene rings is 3. The summed E-state index contributed by atoms with van der Waals surface area (Å²) in [6.07, 6.45) is -0.119. The largest absolute Gasteiger partial charge is 0.381 e. The van der Waals surface area contributed by atoms with E-state index in [1.54, 1.807) is 31.4 Å². The van der Waals surface area contributed by atoms with E-state index in [0.29, 0.717) is 22.7 Å². The van der Waals surface area contributed by atoms with Crippen LogP contribution < -0.4 is 5.32 Å². The molecule has 3 nitrogen and oxygen atoms in total. The molecule has 4 heteroatoms. The number of halogens is 1. The zero-order valence-corrected chi connectivity index (χ0v) is 15.2. The van der Waals surface area contributed by atoms with Crippen molar-refractivity contribution in [3.63, 3.8) is 0 Å². The molecule has 0 aliphatic carbocycles. The fraction of sp³-hybridized carbons (Fsp3) is 0.136. The van der Waals surface area contributed by atoms with E-state index < -0.39 is 0 Å². The lowest BCUT2D eigenvalue weighted by atomic mass is 10.0. The molecule has 26 heavy (non-hydrogen) atoms. The van der Waals surface area contributed by atoms with Gasteiger partial charge in [0.1, 0.15) is 0 Å². The van der Waals surface area contributed by atoms with E-state index in [9.17, 15) is 4.79 Å². The van der Waals surface area contributed by atoms with E-state index in [4.69, 9.17) is 16.3 Å². The van der Waals surface area contributed by atoms with Crippen molar-refractivity contribution in [3.8, 4) is 0 Å². The molecule has 0 aromatic heterocycles. The minimum absolute atomic E-state index is 0.0655. The number of methoxy groups -OCH3 is 1. The summed E-state index contributed by atoms with van der Waals surface area (Å²) in [5, 5.41) is 3.87. The molecule has 0 heterocycles. The van der Waals surface area contributed by atoms with Gasteiger partial charge in [0.05, 0.1) is 6.10 Å². The van der Waals surface area contributed by atoms with Gasteiger partial charge in [-0.2, -0.15) is 0 Å². The molecule has 0 radical (unpaired) electrons. The van der Waals surface area contributed by atoms with Crippen LogP contribution in [0.3, 0.4) is 0 Å². The summed E-state index contributed by atoms with van der Waals surface area (Å²) < 4.78 is 5.59. The van der Waals surface area contributed by atoms with Gasteiger partial charge in [0.2, 0.25) is 0 Å². The van der Waals surface area contributed by atoms with Gasteiger partial charge in [0.15, 0.2) is 5.78 Å². The van der Waals surface area contributed by atoms with E-state index in [1.807, 2.05) is 54.6 Å². The number of hydrogen-bond acceptors (Lipinski definition) is 3. The highest BCUT2D eigenvalue weighted by Crippen LogP contribution is 2.25. The van der Waals surface area contributed by atoms with Crippen LogP contribution in [0.4, 0.5) is 5.69 Å². The number of carbonyl (C=O) groups is 1. The molecule has 1 unspecified atom stereocenters. The Labute approximate surface area is 158 Å². The molecule has 3 aromatic carbocycles. The summed E-state index contributed by atoms with van der Waals surface area (Å²) in [6, 6.07) is 24.5. The van der Waals surface area contributed by atoms with E-state index in [1.165, 1.54) is 0 Å². The monoisotopic (exact) mass is 365 g/mol. The molecule has 0 spiro atoms. The normalized spacial score (nSPS) is 11.8. The number of anilines is 1. The fourth-order valence-corrected chi connectivity index (χ4v) is 2.98. The van der Waals surface area contributed by atoms with Crippen LogP contribution in [0, 0.1) is 0 Å². The first kappa shape index (κ1) is 18.2. The minimum Gasteiger partial charge on any atom is -0.381 e. The van der Waals surface area contributed by atoms with Gasteiger partial charge in [-0.25, -0.2) is 0 Å². The molecule has 1 N–H and O–H groups in total. The van der Waals surface area contributed by atoms with Crippen LogP contribution in [0.15, 0.2) is 78.9 Å². The predicted molar refractivity (Wildman–Crippen MR) is 106 cm³/mol. The molecule has 1 atom stereocenters. The summed E-state index contributed by atoms with van der Waals surface area (Å²) in [5.41, 5.74) is 2.99. The van der Waals surface area contributed by atoms with Gasteiger partial charge in [-0.1, -0.05) is 72.3 Å². The quantitative estimate of drug-likeness (QED) is 0.572. The van der Waals surface area contributed by atoms with Crippen molar-refractivity contribution in [2.45, 2.75) is 6.10 Å². The SMILES string of the molecule is COC(CNc1ccc(Cl)cc1C(=O)c1ccccc1)c1ccccc1. The average molecular weight is 366 g/mol. The number of carbonyl (C=O) groups excluding carboxylic acids is 1. The first-order valence-corrected chi connectivity index (χ1v) is 8.77. The summed E-state index contributed by atoms with van der Waals surface area (Å²) in [6.45, 7) is 0.539. The first-order valence-electron chi connectivity index (χ1n) is 8.40. The Balaban J connectivity index is 1.83. The Morgan fingerprint density at radius 2 is 1.65 bits per heavy atom. The zero-order chi connectivity index (χ0) is 18.4. The molecular formula is C22H20ClNO2. The highest BCUT2D eigenvalue weighted by molar-refractivity contribution is 6.31. The van der Waals surface area contributed by atoms with Crippen molar-refractivity contribution in [3.05, 3.63) is 101 Å². The Morgan fingerprint density at radius 1 is 1.00 bits per heavy atom. The Kier molecular flexibility index (Phi) is 6.05. The molecule has 3 rings (SSSR count). The van der Waals surface area contributed by atoms with Gasteiger partial charge >= 0.3 is 0 Å². The number of hydrogen-bond donors (Lipinski definition) is 1. The third-order valence-electron chi connectivity index (χ3n) is 4.20. The molecule has 0 fully saturated rings. The molecule has 0 saturated carbocycles.